The van der Waals surface area contributed by atoms with Gasteiger partial charge in [-0.3, -0.25) is 0 Å². The highest BCUT2D eigenvalue weighted by Crippen LogP contribution is 2.35. The van der Waals surface area contributed by atoms with Gasteiger partial charge in [-0.1, -0.05) is 0 Å². The standard InChI is InChI=1S/C10H8ClIS2/c1-13-8-2-3-9-6(7(8)5-11)4-10(12)14-9/h2-4H,5H2,1H3. The predicted octanol–water partition coefficient (Wildman–Crippen LogP) is 4.97. The maximum Gasteiger partial charge on any atom is 0.0666 e. The molecule has 0 aliphatic heterocycles. The normalized spacial score (nSPS) is 11.1. The summed E-state index contributed by atoms with van der Waals surface area (Å²) < 4.78 is 2.66. The molecular weight excluding hydrogens is 347 g/mol. The van der Waals surface area contributed by atoms with Crippen molar-refractivity contribution in [2.45, 2.75) is 10.8 Å². The molecular formula is C10H8ClIS2. The van der Waals surface area contributed by atoms with E-state index in [2.05, 4.69) is 47.0 Å². The van der Waals surface area contributed by atoms with Crippen LogP contribution in [0.25, 0.3) is 10.1 Å². The van der Waals surface area contributed by atoms with Gasteiger partial charge in [0.05, 0.1) is 2.88 Å². The van der Waals surface area contributed by atoms with Crippen LogP contribution in [0.5, 0.6) is 0 Å². The van der Waals surface area contributed by atoms with Crippen LogP contribution in [0.1, 0.15) is 5.56 Å². The summed E-state index contributed by atoms with van der Waals surface area (Å²) in [7, 11) is 0. The largest absolute Gasteiger partial charge is 0.129 e. The first kappa shape index (κ1) is 11.0. The molecule has 0 nitrogen and oxygen atoms in total. The fourth-order valence-corrected chi connectivity index (χ4v) is 4.29. The van der Waals surface area contributed by atoms with Crippen molar-refractivity contribution in [1.29, 1.82) is 0 Å². The van der Waals surface area contributed by atoms with Gasteiger partial charge in [-0.05, 0) is 58.0 Å². The molecule has 0 amide bonds. The third kappa shape index (κ3) is 1.92. The van der Waals surface area contributed by atoms with Gasteiger partial charge < -0.3 is 0 Å². The number of benzene rings is 1. The van der Waals surface area contributed by atoms with E-state index in [1.54, 1.807) is 11.8 Å². The molecule has 0 saturated carbocycles. The SMILES string of the molecule is CSc1ccc2sc(I)cc2c1CCl. The summed E-state index contributed by atoms with van der Waals surface area (Å²) in [4.78, 5) is 1.29. The lowest BCUT2D eigenvalue weighted by molar-refractivity contribution is 1.31. The Bertz CT molecular complexity index is 464. The van der Waals surface area contributed by atoms with E-state index in [-0.39, 0.29) is 0 Å². The minimum atomic E-state index is 0.598. The molecule has 1 aromatic heterocycles. The van der Waals surface area contributed by atoms with Crippen LogP contribution in [-0.2, 0) is 5.88 Å². The summed E-state index contributed by atoms with van der Waals surface area (Å²) >= 11 is 11.9. The summed E-state index contributed by atoms with van der Waals surface area (Å²) in [5, 5.41) is 1.32. The number of hydrogen-bond acceptors (Lipinski definition) is 2. The van der Waals surface area contributed by atoms with E-state index < -0.39 is 0 Å². The van der Waals surface area contributed by atoms with Gasteiger partial charge in [0.1, 0.15) is 0 Å². The van der Waals surface area contributed by atoms with Gasteiger partial charge in [0.25, 0.3) is 0 Å². The van der Waals surface area contributed by atoms with Gasteiger partial charge in [-0.25, -0.2) is 0 Å². The highest BCUT2D eigenvalue weighted by molar-refractivity contribution is 14.1. The molecule has 1 heterocycles. The maximum atomic E-state index is 5.99. The van der Waals surface area contributed by atoms with Crippen LogP contribution in [0.2, 0.25) is 0 Å². The van der Waals surface area contributed by atoms with Crippen molar-refractivity contribution in [3.8, 4) is 0 Å². The van der Waals surface area contributed by atoms with Crippen molar-refractivity contribution in [3.05, 3.63) is 26.6 Å². The van der Waals surface area contributed by atoms with Crippen LogP contribution in [0.3, 0.4) is 0 Å². The molecule has 0 saturated heterocycles. The number of thioether (sulfide) groups is 1. The molecule has 0 aliphatic rings. The molecule has 0 spiro atoms. The molecule has 14 heavy (non-hydrogen) atoms. The van der Waals surface area contributed by atoms with E-state index in [4.69, 9.17) is 11.6 Å². The zero-order valence-electron chi connectivity index (χ0n) is 7.51. The van der Waals surface area contributed by atoms with Crippen molar-refractivity contribution in [3.63, 3.8) is 0 Å². The van der Waals surface area contributed by atoms with E-state index in [1.165, 1.54) is 23.4 Å². The first-order chi connectivity index (χ1) is 6.76. The molecule has 0 bridgehead atoms. The third-order valence-electron chi connectivity index (χ3n) is 2.09. The molecule has 0 aliphatic carbocycles. The number of alkyl halides is 1. The zero-order valence-corrected chi connectivity index (χ0v) is 12.1. The molecule has 0 atom stereocenters. The Hall–Kier alpha value is 0.550. The monoisotopic (exact) mass is 354 g/mol. The Morgan fingerprint density at radius 3 is 2.93 bits per heavy atom. The fourth-order valence-electron chi connectivity index (χ4n) is 1.45. The molecule has 74 valence electrons. The highest BCUT2D eigenvalue weighted by atomic mass is 127. The van der Waals surface area contributed by atoms with Crippen molar-refractivity contribution in [2.75, 3.05) is 6.26 Å². The Balaban J connectivity index is 2.75. The summed E-state index contributed by atoms with van der Waals surface area (Å²) in [5.41, 5.74) is 1.27. The van der Waals surface area contributed by atoms with Crippen LogP contribution in [0.15, 0.2) is 23.1 Å². The van der Waals surface area contributed by atoms with Gasteiger partial charge in [0, 0.05) is 15.5 Å². The second-order valence-corrected chi connectivity index (χ2v) is 6.94. The van der Waals surface area contributed by atoms with Gasteiger partial charge in [0.15, 0.2) is 0 Å². The lowest BCUT2D eigenvalue weighted by atomic mass is 10.1. The topological polar surface area (TPSA) is 0 Å². The number of halogens is 2. The Kier molecular flexibility index (Phi) is 3.63. The van der Waals surface area contributed by atoms with Gasteiger partial charge in [0.2, 0.25) is 0 Å². The lowest BCUT2D eigenvalue weighted by Crippen LogP contribution is -1.83. The van der Waals surface area contributed by atoms with Crippen LogP contribution < -0.4 is 0 Å². The first-order valence-corrected chi connectivity index (χ1v) is 7.72. The molecule has 0 N–H and O–H groups in total. The van der Waals surface area contributed by atoms with Crippen molar-refractivity contribution >= 4 is 67.4 Å². The minimum absolute atomic E-state index is 0.598. The van der Waals surface area contributed by atoms with Crippen molar-refractivity contribution < 1.29 is 0 Å². The molecule has 2 rings (SSSR count). The van der Waals surface area contributed by atoms with Crippen LogP contribution in [0, 0.1) is 2.88 Å². The second-order valence-electron chi connectivity index (χ2n) is 2.84. The van der Waals surface area contributed by atoms with Gasteiger partial charge >= 0.3 is 0 Å². The maximum absolute atomic E-state index is 5.99. The zero-order chi connectivity index (χ0) is 10.1. The Labute approximate surface area is 110 Å². The van der Waals surface area contributed by atoms with E-state index >= 15 is 0 Å². The van der Waals surface area contributed by atoms with Crippen molar-refractivity contribution in [1.82, 2.24) is 0 Å². The smallest absolute Gasteiger partial charge is 0.0666 e. The molecule has 0 unspecified atom stereocenters. The van der Waals surface area contributed by atoms with Gasteiger partial charge in [-0.2, -0.15) is 0 Å². The van der Waals surface area contributed by atoms with Crippen LogP contribution in [-0.4, -0.2) is 6.26 Å². The number of thiophene rings is 1. The van der Waals surface area contributed by atoms with E-state index in [0.29, 0.717) is 5.88 Å². The second kappa shape index (κ2) is 4.60. The molecule has 0 radical (unpaired) electrons. The summed E-state index contributed by atoms with van der Waals surface area (Å²) in [5.74, 6) is 0.598. The first-order valence-electron chi connectivity index (χ1n) is 4.07. The minimum Gasteiger partial charge on any atom is -0.129 e. The quantitative estimate of drug-likeness (QED) is 0.417. The fraction of sp³-hybridized carbons (Fsp3) is 0.200. The van der Waals surface area contributed by atoms with Gasteiger partial charge in [-0.15, -0.1) is 34.7 Å². The van der Waals surface area contributed by atoms with E-state index in [0.717, 1.165) is 0 Å². The van der Waals surface area contributed by atoms with E-state index in [1.807, 2.05) is 11.3 Å². The average molecular weight is 355 g/mol. The summed E-state index contributed by atoms with van der Waals surface area (Å²) in [6.45, 7) is 0. The predicted molar refractivity (Wildman–Crippen MR) is 75.9 cm³/mol. The number of rotatable bonds is 2. The molecule has 4 heteroatoms. The molecule has 1 aromatic carbocycles. The Morgan fingerprint density at radius 1 is 1.50 bits per heavy atom. The Morgan fingerprint density at radius 2 is 2.29 bits per heavy atom. The number of fused-ring (bicyclic) bond motifs is 1. The highest BCUT2D eigenvalue weighted by Gasteiger charge is 2.08. The molecule has 0 fully saturated rings. The van der Waals surface area contributed by atoms with Crippen LogP contribution >= 0.6 is 57.3 Å². The molecule has 2 aromatic rings. The van der Waals surface area contributed by atoms with E-state index in [9.17, 15) is 0 Å². The average Bonchev–Trinajstić information content (AvgIpc) is 2.56. The van der Waals surface area contributed by atoms with Crippen LogP contribution in [0.4, 0.5) is 0 Å². The third-order valence-corrected chi connectivity index (χ3v) is 5.04. The number of hydrogen-bond donors (Lipinski definition) is 0. The lowest BCUT2D eigenvalue weighted by Gasteiger charge is -2.04. The summed E-state index contributed by atoms with van der Waals surface area (Å²) in [6.07, 6.45) is 2.09. The summed E-state index contributed by atoms with van der Waals surface area (Å²) in [6, 6.07) is 6.57. The van der Waals surface area contributed by atoms with Crippen molar-refractivity contribution in [2.24, 2.45) is 0 Å².